The van der Waals surface area contributed by atoms with Crippen molar-refractivity contribution in [3.63, 3.8) is 0 Å². The van der Waals surface area contributed by atoms with Crippen molar-refractivity contribution in [2.24, 2.45) is 0 Å². The summed E-state index contributed by atoms with van der Waals surface area (Å²) in [5.74, 6) is -1.27. The Labute approximate surface area is 153 Å². The molecule has 0 fully saturated rings. The molecular formula is C17H14ClN5O3. The predicted octanol–water partition coefficient (Wildman–Crippen LogP) is 2.41. The molecule has 0 amide bonds. The van der Waals surface area contributed by atoms with Crippen LogP contribution in [0.25, 0.3) is 11.8 Å². The zero-order valence-corrected chi connectivity index (χ0v) is 14.5. The highest BCUT2D eigenvalue weighted by atomic mass is 35.5. The van der Waals surface area contributed by atoms with Crippen LogP contribution in [-0.2, 0) is 11.3 Å². The van der Waals surface area contributed by atoms with Gasteiger partial charge in [-0.25, -0.2) is 9.36 Å². The van der Waals surface area contributed by atoms with Crippen LogP contribution in [0.15, 0.2) is 42.7 Å². The van der Waals surface area contributed by atoms with Crippen LogP contribution >= 0.6 is 11.6 Å². The van der Waals surface area contributed by atoms with Gasteiger partial charge >= 0.3 is 5.97 Å². The van der Waals surface area contributed by atoms with Crippen LogP contribution in [0.1, 0.15) is 21.7 Å². The summed E-state index contributed by atoms with van der Waals surface area (Å²) in [6.07, 6.45) is 5.76. The largest absolute Gasteiger partial charge is 0.480 e. The van der Waals surface area contributed by atoms with E-state index < -0.39 is 5.97 Å². The lowest BCUT2D eigenvalue weighted by Crippen LogP contribution is -2.08. The molecule has 0 saturated carbocycles. The predicted molar refractivity (Wildman–Crippen MR) is 94.3 cm³/mol. The SMILES string of the molecule is Cc1c(C(=O)/C=C/c2cn(CC(=O)O)nn2)cnn1-c1cccc(Cl)c1. The third-order valence-corrected chi connectivity index (χ3v) is 3.82. The highest BCUT2D eigenvalue weighted by Crippen LogP contribution is 2.18. The highest BCUT2D eigenvalue weighted by Gasteiger charge is 2.13. The molecule has 0 bridgehead atoms. The molecule has 26 heavy (non-hydrogen) atoms. The van der Waals surface area contributed by atoms with E-state index in [0.717, 1.165) is 5.69 Å². The summed E-state index contributed by atoms with van der Waals surface area (Å²) < 4.78 is 2.81. The third kappa shape index (κ3) is 3.86. The van der Waals surface area contributed by atoms with E-state index in [1.54, 1.807) is 29.8 Å². The average Bonchev–Trinajstić information content (AvgIpc) is 3.18. The van der Waals surface area contributed by atoms with Crippen molar-refractivity contribution in [3.8, 4) is 5.69 Å². The van der Waals surface area contributed by atoms with Gasteiger partial charge in [0.15, 0.2) is 5.78 Å². The smallest absolute Gasteiger partial charge is 0.325 e. The van der Waals surface area contributed by atoms with Crippen molar-refractivity contribution >= 4 is 29.4 Å². The lowest BCUT2D eigenvalue weighted by atomic mass is 10.1. The van der Waals surface area contributed by atoms with E-state index >= 15 is 0 Å². The highest BCUT2D eigenvalue weighted by molar-refractivity contribution is 6.30. The molecule has 0 radical (unpaired) electrons. The summed E-state index contributed by atoms with van der Waals surface area (Å²) >= 11 is 6.00. The molecular weight excluding hydrogens is 358 g/mol. The van der Waals surface area contributed by atoms with Crippen molar-refractivity contribution in [2.45, 2.75) is 13.5 Å². The number of hydrogen-bond donors (Lipinski definition) is 1. The fourth-order valence-corrected chi connectivity index (χ4v) is 2.56. The van der Waals surface area contributed by atoms with E-state index in [4.69, 9.17) is 16.7 Å². The van der Waals surface area contributed by atoms with Crippen molar-refractivity contribution in [1.29, 1.82) is 0 Å². The molecule has 3 aromatic rings. The number of aliphatic carboxylic acids is 1. The van der Waals surface area contributed by atoms with Crippen LogP contribution in [0.4, 0.5) is 0 Å². The number of ketones is 1. The van der Waals surface area contributed by atoms with Gasteiger partial charge in [0, 0.05) is 5.02 Å². The molecule has 2 heterocycles. The first-order valence-electron chi connectivity index (χ1n) is 7.59. The number of carboxylic acid groups (broad SMARTS) is 1. The van der Waals surface area contributed by atoms with Crippen LogP contribution in [0.5, 0.6) is 0 Å². The van der Waals surface area contributed by atoms with Gasteiger partial charge in [0.25, 0.3) is 0 Å². The molecule has 0 saturated heterocycles. The number of benzene rings is 1. The zero-order chi connectivity index (χ0) is 18.7. The molecule has 0 aliphatic carbocycles. The quantitative estimate of drug-likeness (QED) is 0.527. The summed E-state index contributed by atoms with van der Waals surface area (Å²) in [6, 6.07) is 7.17. The third-order valence-electron chi connectivity index (χ3n) is 3.59. The zero-order valence-electron chi connectivity index (χ0n) is 13.7. The Hall–Kier alpha value is -3.26. The number of halogens is 1. The molecule has 0 unspecified atom stereocenters. The van der Waals surface area contributed by atoms with E-state index in [1.807, 2.05) is 6.07 Å². The molecule has 0 atom stereocenters. The lowest BCUT2D eigenvalue weighted by Gasteiger charge is -2.05. The Kier molecular flexibility index (Phi) is 4.94. The van der Waals surface area contributed by atoms with Crippen molar-refractivity contribution < 1.29 is 14.7 Å². The summed E-state index contributed by atoms with van der Waals surface area (Å²) in [5.41, 5.74) is 2.27. The van der Waals surface area contributed by atoms with Crippen molar-refractivity contribution in [2.75, 3.05) is 0 Å². The summed E-state index contributed by atoms with van der Waals surface area (Å²) in [6.45, 7) is 1.50. The minimum Gasteiger partial charge on any atom is -0.480 e. The fourth-order valence-electron chi connectivity index (χ4n) is 2.38. The fraction of sp³-hybridized carbons (Fsp3) is 0.118. The van der Waals surface area contributed by atoms with Gasteiger partial charge < -0.3 is 5.11 Å². The summed E-state index contributed by atoms with van der Waals surface area (Å²) in [5, 5.41) is 21.0. The number of carbonyl (C=O) groups excluding carboxylic acids is 1. The van der Waals surface area contributed by atoms with E-state index in [1.165, 1.54) is 29.2 Å². The Balaban J connectivity index is 1.78. The second-order valence-electron chi connectivity index (χ2n) is 5.47. The van der Waals surface area contributed by atoms with E-state index in [9.17, 15) is 9.59 Å². The molecule has 0 aliphatic heterocycles. The van der Waals surface area contributed by atoms with E-state index in [-0.39, 0.29) is 12.3 Å². The molecule has 1 N–H and O–H groups in total. The van der Waals surface area contributed by atoms with Gasteiger partial charge in [-0.3, -0.25) is 9.59 Å². The first-order chi connectivity index (χ1) is 12.4. The normalized spacial score (nSPS) is 11.2. The number of allylic oxidation sites excluding steroid dienone is 1. The average molecular weight is 372 g/mol. The first-order valence-corrected chi connectivity index (χ1v) is 7.97. The van der Waals surface area contributed by atoms with Gasteiger partial charge in [-0.05, 0) is 37.3 Å². The van der Waals surface area contributed by atoms with E-state index in [2.05, 4.69) is 15.4 Å². The minimum atomic E-state index is -1.02. The van der Waals surface area contributed by atoms with Crippen LogP contribution in [0.2, 0.25) is 5.02 Å². The second kappa shape index (κ2) is 7.32. The Morgan fingerprint density at radius 1 is 1.35 bits per heavy atom. The number of rotatable bonds is 6. The van der Waals surface area contributed by atoms with Gasteiger partial charge in [0.2, 0.25) is 0 Å². The van der Waals surface area contributed by atoms with Crippen LogP contribution < -0.4 is 0 Å². The molecule has 8 nitrogen and oxygen atoms in total. The standard InChI is InChI=1S/C17H14ClN5O3/c1-11-15(8-19-23(11)14-4-2-3-12(18)7-14)16(24)6-5-13-9-22(21-20-13)10-17(25)26/h2-9H,10H2,1H3,(H,25,26)/b6-5+. The first kappa shape index (κ1) is 17.6. The Morgan fingerprint density at radius 3 is 2.88 bits per heavy atom. The molecule has 0 aliphatic rings. The molecule has 9 heteroatoms. The summed E-state index contributed by atoms with van der Waals surface area (Å²) in [4.78, 5) is 23.0. The number of hydrogen-bond acceptors (Lipinski definition) is 5. The van der Waals surface area contributed by atoms with Crippen molar-refractivity contribution in [3.05, 3.63) is 64.7 Å². The van der Waals surface area contributed by atoms with Gasteiger partial charge in [0.1, 0.15) is 12.2 Å². The topological polar surface area (TPSA) is 103 Å². The van der Waals surface area contributed by atoms with Gasteiger partial charge in [-0.2, -0.15) is 5.10 Å². The maximum atomic E-state index is 12.4. The number of aromatic nitrogens is 5. The van der Waals surface area contributed by atoms with Gasteiger partial charge in [0.05, 0.1) is 29.3 Å². The molecule has 0 spiro atoms. The molecule has 1 aromatic carbocycles. The number of carboxylic acids is 1. The van der Waals surface area contributed by atoms with Crippen LogP contribution in [-0.4, -0.2) is 41.6 Å². The second-order valence-corrected chi connectivity index (χ2v) is 5.90. The number of nitrogens with zero attached hydrogens (tertiary/aromatic N) is 5. The van der Waals surface area contributed by atoms with Gasteiger partial charge in [-0.1, -0.05) is 22.9 Å². The van der Waals surface area contributed by atoms with Crippen molar-refractivity contribution in [1.82, 2.24) is 24.8 Å². The molecule has 132 valence electrons. The minimum absolute atomic E-state index is 0.247. The van der Waals surface area contributed by atoms with Crippen LogP contribution in [0.3, 0.4) is 0 Å². The molecule has 3 rings (SSSR count). The lowest BCUT2D eigenvalue weighted by molar-refractivity contribution is -0.137. The van der Waals surface area contributed by atoms with Crippen LogP contribution in [0, 0.1) is 6.92 Å². The number of carbonyl (C=O) groups is 2. The van der Waals surface area contributed by atoms with Gasteiger partial charge in [-0.15, -0.1) is 5.10 Å². The summed E-state index contributed by atoms with van der Waals surface area (Å²) in [7, 11) is 0. The Bertz CT molecular complexity index is 1010. The maximum Gasteiger partial charge on any atom is 0.325 e. The van der Waals surface area contributed by atoms with E-state index in [0.29, 0.717) is 22.0 Å². The Morgan fingerprint density at radius 2 is 2.15 bits per heavy atom. The molecule has 2 aromatic heterocycles. The maximum absolute atomic E-state index is 12.4. The monoisotopic (exact) mass is 371 g/mol.